The average molecular weight is 205 g/mol. The van der Waals surface area contributed by atoms with Crippen molar-refractivity contribution < 1.29 is 13.9 Å². The van der Waals surface area contributed by atoms with Crippen molar-refractivity contribution in [2.24, 2.45) is 0 Å². The summed E-state index contributed by atoms with van der Waals surface area (Å²) in [5.41, 5.74) is -0.562. The zero-order chi connectivity index (χ0) is 10.9. The van der Waals surface area contributed by atoms with E-state index in [-0.39, 0.29) is 5.82 Å². The summed E-state index contributed by atoms with van der Waals surface area (Å²) in [7, 11) is 0. The average Bonchev–Trinajstić information content (AvgIpc) is 2.45. The summed E-state index contributed by atoms with van der Waals surface area (Å²) in [6.45, 7) is 4.86. The predicted molar refractivity (Wildman–Crippen MR) is 45.9 cm³/mol. The molecule has 1 N–H and O–H groups in total. The predicted octanol–water partition coefficient (Wildman–Crippen LogP) is 1.46. The number of nitrogens with zero attached hydrogens (tertiary/aromatic N) is 3. The molecule has 0 atom stereocenters. The third-order valence-electron chi connectivity index (χ3n) is 1.76. The summed E-state index contributed by atoms with van der Waals surface area (Å²) in [6, 6.07) is 0. The highest BCUT2D eigenvalue weighted by Gasteiger charge is 2.27. The van der Waals surface area contributed by atoms with Crippen LogP contribution in [0, 0.1) is 0 Å². The summed E-state index contributed by atoms with van der Waals surface area (Å²) in [5.74, 6) is -0.241. The van der Waals surface area contributed by atoms with Gasteiger partial charge in [0.15, 0.2) is 5.82 Å². The first kappa shape index (κ1) is 11.0. The van der Waals surface area contributed by atoms with Crippen LogP contribution in [-0.4, -0.2) is 19.9 Å². The van der Waals surface area contributed by atoms with E-state index in [9.17, 15) is 8.78 Å². The Hall–Kier alpha value is -1.04. The van der Waals surface area contributed by atoms with E-state index < -0.39 is 24.4 Å². The Balaban J connectivity index is 3.27. The third-order valence-corrected chi connectivity index (χ3v) is 1.76. The number of aliphatic hydroxyl groups excluding tert-OH is 1. The van der Waals surface area contributed by atoms with Crippen LogP contribution in [0.25, 0.3) is 0 Å². The van der Waals surface area contributed by atoms with Crippen molar-refractivity contribution >= 4 is 0 Å². The lowest BCUT2D eigenvalue weighted by Gasteiger charge is -2.24. The summed E-state index contributed by atoms with van der Waals surface area (Å²) < 4.78 is 26.3. The van der Waals surface area contributed by atoms with E-state index in [1.807, 2.05) is 0 Å². The zero-order valence-corrected chi connectivity index (χ0v) is 8.33. The van der Waals surface area contributed by atoms with E-state index in [0.29, 0.717) is 0 Å². The van der Waals surface area contributed by atoms with E-state index in [1.54, 1.807) is 20.8 Å². The molecule has 0 aliphatic heterocycles. The molecule has 0 aromatic carbocycles. The second-order valence-electron chi connectivity index (χ2n) is 3.94. The monoisotopic (exact) mass is 205 g/mol. The molecule has 80 valence electrons. The van der Waals surface area contributed by atoms with Gasteiger partial charge in [0.1, 0.15) is 6.61 Å². The van der Waals surface area contributed by atoms with Gasteiger partial charge in [-0.3, -0.25) is 0 Å². The number of aliphatic hydroxyl groups is 1. The molecule has 0 amide bonds. The third kappa shape index (κ3) is 1.89. The quantitative estimate of drug-likeness (QED) is 0.795. The fourth-order valence-corrected chi connectivity index (χ4v) is 1.31. The van der Waals surface area contributed by atoms with Gasteiger partial charge in [0, 0.05) is 5.54 Å². The van der Waals surface area contributed by atoms with Gasteiger partial charge in [-0.05, 0) is 20.8 Å². The molecule has 0 aliphatic carbocycles. The molecule has 1 rings (SSSR count). The lowest BCUT2D eigenvalue weighted by Crippen LogP contribution is -2.26. The Morgan fingerprint density at radius 1 is 1.36 bits per heavy atom. The van der Waals surface area contributed by atoms with Crippen molar-refractivity contribution in [3.8, 4) is 0 Å². The summed E-state index contributed by atoms with van der Waals surface area (Å²) in [5, 5.41) is 15.8. The van der Waals surface area contributed by atoms with Crippen LogP contribution in [-0.2, 0) is 12.1 Å². The lowest BCUT2D eigenvalue weighted by atomic mass is 10.1. The minimum Gasteiger partial charge on any atom is -0.388 e. The minimum absolute atomic E-state index is 0.160. The number of hydrogen-bond acceptors (Lipinski definition) is 3. The molecule has 4 nitrogen and oxygen atoms in total. The molecular formula is C8H13F2N3O. The number of rotatable bonds is 2. The fraction of sp³-hybridized carbons (Fsp3) is 0.750. The van der Waals surface area contributed by atoms with Gasteiger partial charge in [0.05, 0.1) is 0 Å². The van der Waals surface area contributed by atoms with Crippen LogP contribution in [0.5, 0.6) is 0 Å². The smallest absolute Gasteiger partial charge is 0.297 e. The summed E-state index contributed by atoms with van der Waals surface area (Å²) >= 11 is 0. The molecular weight excluding hydrogens is 192 g/mol. The lowest BCUT2D eigenvalue weighted by molar-refractivity contribution is 0.125. The van der Waals surface area contributed by atoms with Crippen LogP contribution >= 0.6 is 0 Å². The molecule has 14 heavy (non-hydrogen) atoms. The summed E-state index contributed by atoms with van der Waals surface area (Å²) in [4.78, 5) is 0. The Morgan fingerprint density at radius 2 is 1.93 bits per heavy atom. The number of aromatic nitrogens is 3. The van der Waals surface area contributed by atoms with E-state index >= 15 is 0 Å². The normalized spacial score (nSPS) is 12.5. The topological polar surface area (TPSA) is 50.9 Å². The highest BCUT2D eigenvalue weighted by atomic mass is 19.3. The molecule has 0 bridgehead atoms. The van der Waals surface area contributed by atoms with Crippen LogP contribution < -0.4 is 0 Å². The Morgan fingerprint density at radius 3 is 2.29 bits per heavy atom. The highest BCUT2D eigenvalue weighted by Crippen LogP contribution is 2.25. The SMILES string of the molecule is CC(C)(C)n1c(CO)nnc1C(F)F. The maximum atomic E-state index is 12.5. The minimum atomic E-state index is -2.68. The van der Waals surface area contributed by atoms with Crippen molar-refractivity contribution in [3.63, 3.8) is 0 Å². The van der Waals surface area contributed by atoms with Crippen LogP contribution in [0.3, 0.4) is 0 Å². The maximum Gasteiger partial charge on any atom is 0.297 e. The highest BCUT2D eigenvalue weighted by molar-refractivity contribution is 5.01. The van der Waals surface area contributed by atoms with E-state index in [0.717, 1.165) is 0 Å². The molecule has 1 heterocycles. The van der Waals surface area contributed by atoms with Crippen LogP contribution in [0.1, 0.15) is 38.8 Å². The van der Waals surface area contributed by atoms with Gasteiger partial charge < -0.3 is 9.67 Å². The molecule has 0 saturated heterocycles. The molecule has 0 aliphatic rings. The van der Waals surface area contributed by atoms with E-state index in [1.165, 1.54) is 4.57 Å². The second-order valence-corrected chi connectivity index (χ2v) is 3.94. The summed E-state index contributed by atoms with van der Waals surface area (Å²) in [6.07, 6.45) is -2.68. The second kappa shape index (κ2) is 3.61. The first-order valence-corrected chi connectivity index (χ1v) is 4.21. The molecule has 1 aromatic heterocycles. The molecule has 0 fully saturated rings. The standard InChI is InChI=1S/C8H13F2N3O/c1-8(2,3)13-5(4-14)11-12-7(13)6(9)10/h6,14H,4H2,1-3H3. The van der Waals surface area contributed by atoms with Crippen molar-refractivity contribution in [2.75, 3.05) is 0 Å². The van der Waals surface area contributed by atoms with Crippen LogP contribution in [0.2, 0.25) is 0 Å². The van der Waals surface area contributed by atoms with Gasteiger partial charge in [-0.1, -0.05) is 0 Å². The van der Waals surface area contributed by atoms with Crippen LogP contribution in [0.4, 0.5) is 8.78 Å². The maximum absolute atomic E-state index is 12.5. The first-order valence-electron chi connectivity index (χ1n) is 4.21. The molecule has 0 radical (unpaired) electrons. The Labute approximate surface area is 80.6 Å². The Bertz CT molecular complexity index is 317. The van der Waals surface area contributed by atoms with Gasteiger partial charge in [-0.15, -0.1) is 10.2 Å². The van der Waals surface area contributed by atoms with Gasteiger partial charge in [-0.25, -0.2) is 8.78 Å². The number of halogens is 2. The van der Waals surface area contributed by atoms with Gasteiger partial charge in [-0.2, -0.15) is 0 Å². The van der Waals surface area contributed by atoms with Gasteiger partial charge >= 0.3 is 0 Å². The van der Waals surface area contributed by atoms with Crippen molar-refractivity contribution in [2.45, 2.75) is 39.3 Å². The molecule has 0 spiro atoms. The molecule has 0 saturated carbocycles. The van der Waals surface area contributed by atoms with Crippen molar-refractivity contribution in [1.82, 2.24) is 14.8 Å². The van der Waals surface area contributed by atoms with Gasteiger partial charge in [0.2, 0.25) is 5.82 Å². The Kier molecular flexibility index (Phi) is 2.84. The van der Waals surface area contributed by atoms with Crippen molar-refractivity contribution in [1.29, 1.82) is 0 Å². The first-order chi connectivity index (χ1) is 6.38. The number of hydrogen-bond donors (Lipinski definition) is 1. The largest absolute Gasteiger partial charge is 0.388 e. The molecule has 1 aromatic rings. The van der Waals surface area contributed by atoms with Crippen molar-refractivity contribution in [3.05, 3.63) is 11.6 Å². The van der Waals surface area contributed by atoms with Gasteiger partial charge in [0.25, 0.3) is 6.43 Å². The molecule has 0 unspecified atom stereocenters. The number of alkyl halides is 2. The van der Waals surface area contributed by atoms with E-state index in [2.05, 4.69) is 10.2 Å². The fourth-order valence-electron chi connectivity index (χ4n) is 1.31. The zero-order valence-electron chi connectivity index (χ0n) is 8.33. The molecule has 6 heteroatoms. The van der Waals surface area contributed by atoms with E-state index in [4.69, 9.17) is 5.11 Å². The van der Waals surface area contributed by atoms with Crippen LogP contribution in [0.15, 0.2) is 0 Å².